The van der Waals surface area contributed by atoms with Gasteiger partial charge < -0.3 is 15.6 Å². The Bertz CT molecular complexity index is 270. The molecule has 0 aromatic rings. The number of aliphatic hydroxyl groups excluding tert-OH is 1. The Morgan fingerprint density at radius 1 is 1.05 bits per heavy atom. The van der Waals surface area contributed by atoms with Crippen molar-refractivity contribution in [2.75, 3.05) is 6.61 Å². The SMILES string of the molecule is CC(CC(C)(C)C(C)N)OC(C)(C)C(C)(C)CCO. The van der Waals surface area contributed by atoms with Crippen molar-refractivity contribution in [3.05, 3.63) is 0 Å². The third-order valence-corrected chi connectivity index (χ3v) is 4.91. The van der Waals surface area contributed by atoms with E-state index in [4.69, 9.17) is 10.5 Å². The summed E-state index contributed by atoms with van der Waals surface area (Å²) in [5.74, 6) is 0. The van der Waals surface area contributed by atoms with Crippen molar-refractivity contribution < 1.29 is 9.84 Å². The Labute approximate surface area is 119 Å². The van der Waals surface area contributed by atoms with E-state index in [0.29, 0.717) is 0 Å². The first-order chi connectivity index (χ1) is 8.35. The van der Waals surface area contributed by atoms with Crippen molar-refractivity contribution in [2.45, 2.75) is 86.0 Å². The summed E-state index contributed by atoms with van der Waals surface area (Å²) in [6.07, 6.45) is 1.82. The second-order valence-electron chi connectivity index (χ2n) is 7.78. The van der Waals surface area contributed by atoms with E-state index in [2.05, 4.69) is 48.5 Å². The molecule has 0 aliphatic rings. The molecule has 0 amide bonds. The molecule has 0 aromatic carbocycles. The lowest BCUT2D eigenvalue weighted by molar-refractivity contribution is -0.144. The first-order valence-electron chi connectivity index (χ1n) is 7.40. The van der Waals surface area contributed by atoms with Crippen LogP contribution in [0.5, 0.6) is 0 Å². The highest BCUT2D eigenvalue weighted by molar-refractivity contribution is 4.89. The predicted octanol–water partition coefficient (Wildman–Crippen LogP) is 3.34. The maximum atomic E-state index is 9.19. The number of hydrogen-bond donors (Lipinski definition) is 2. The van der Waals surface area contributed by atoms with E-state index in [1.807, 2.05) is 6.92 Å². The summed E-state index contributed by atoms with van der Waals surface area (Å²) in [6, 6.07) is 0.145. The molecule has 0 aromatic heterocycles. The Morgan fingerprint density at radius 3 is 1.89 bits per heavy atom. The summed E-state index contributed by atoms with van der Waals surface area (Å²) in [4.78, 5) is 0. The predicted molar refractivity (Wildman–Crippen MR) is 82.2 cm³/mol. The van der Waals surface area contributed by atoms with Gasteiger partial charge in [-0.15, -0.1) is 0 Å². The molecular weight excluding hydrogens is 238 g/mol. The zero-order valence-corrected chi connectivity index (χ0v) is 14.2. The van der Waals surface area contributed by atoms with Gasteiger partial charge in [-0.2, -0.15) is 0 Å². The zero-order valence-electron chi connectivity index (χ0n) is 14.2. The smallest absolute Gasteiger partial charge is 0.0681 e. The lowest BCUT2D eigenvalue weighted by atomic mass is 9.74. The van der Waals surface area contributed by atoms with Crippen LogP contribution in [0.1, 0.15) is 68.2 Å². The minimum Gasteiger partial charge on any atom is -0.396 e. The van der Waals surface area contributed by atoms with Crippen LogP contribution < -0.4 is 5.73 Å². The molecule has 2 atom stereocenters. The Morgan fingerprint density at radius 2 is 1.53 bits per heavy atom. The first-order valence-corrected chi connectivity index (χ1v) is 7.40. The quantitative estimate of drug-likeness (QED) is 0.713. The molecule has 0 heterocycles. The van der Waals surface area contributed by atoms with Crippen LogP contribution >= 0.6 is 0 Å². The van der Waals surface area contributed by atoms with E-state index in [0.717, 1.165) is 12.8 Å². The number of aliphatic hydroxyl groups is 1. The van der Waals surface area contributed by atoms with Gasteiger partial charge in [0.05, 0.1) is 11.7 Å². The third kappa shape index (κ3) is 5.41. The van der Waals surface area contributed by atoms with E-state index < -0.39 is 0 Å². The van der Waals surface area contributed by atoms with Gasteiger partial charge in [0, 0.05) is 12.6 Å². The van der Waals surface area contributed by atoms with Gasteiger partial charge in [0.1, 0.15) is 0 Å². The summed E-state index contributed by atoms with van der Waals surface area (Å²) >= 11 is 0. The molecule has 3 heteroatoms. The first kappa shape index (κ1) is 18.9. The van der Waals surface area contributed by atoms with E-state index in [1.165, 1.54) is 0 Å². The summed E-state index contributed by atoms with van der Waals surface area (Å²) in [7, 11) is 0. The third-order valence-electron chi connectivity index (χ3n) is 4.91. The largest absolute Gasteiger partial charge is 0.396 e. The summed E-state index contributed by atoms with van der Waals surface area (Å²) in [5, 5.41) is 9.19. The standard InChI is InChI=1S/C16H35NO2/c1-12(11-14(3,4)13(2)17)19-16(7,8)15(5,6)9-10-18/h12-13,18H,9-11,17H2,1-8H3. The second-order valence-corrected chi connectivity index (χ2v) is 7.78. The van der Waals surface area contributed by atoms with Crippen molar-refractivity contribution >= 4 is 0 Å². The maximum absolute atomic E-state index is 9.19. The van der Waals surface area contributed by atoms with E-state index >= 15 is 0 Å². The summed E-state index contributed by atoms with van der Waals surface area (Å²) in [6.45, 7) is 17.2. The van der Waals surface area contributed by atoms with Gasteiger partial charge in [0.15, 0.2) is 0 Å². The van der Waals surface area contributed by atoms with E-state index in [1.54, 1.807) is 0 Å². The molecule has 0 radical (unpaired) electrons. The minimum atomic E-state index is -0.275. The fourth-order valence-electron chi connectivity index (χ4n) is 2.21. The highest BCUT2D eigenvalue weighted by Gasteiger charge is 2.39. The van der Waals surface area contributed by atoms with Crippen LogP contribution in [-0.4, -0.2) is 29.5 Å². The lowest BCUT2D eigenvalue weighted by Crippen LogP contribution is -2.46. The normalized spacial score (nSPS) is 17.4. The molecule has 0 saturated carbocycles. The van der Waals surface area contributed by atoms with Crippen LogP contribution in [0, 0.1) is 10.8 Å². The number of nitrogens with two attached hydrogens (primary N) is 1. The molecule has 19 heavy (non-hydrogen) atoms. The number of ether oxygens (including phenoxy) is 1. The fourth-order valence-corrected chi connectivity index (χ4v) is 2.21. The molecule has 0 aliphatic heterocycles. The van der Waals surface area contributed by atoms with Gasteiger partial charge in [-0.3, -0.25) is 0 Å². The van der Waals surface area contributed by atoms with Gasteiger partial charge in [-0.05, 0) is 51.4 Å². The molecule has 0 fully saturated rings. The van der Waals surface area contributed by atoms with Gasteiger partial charge in [-0.1, -0.05) is 27.7 Å². The molecule has 2 unspecified atom stereocenters. The van der Waals surface area contributed by atoms with E-state index in [-0.39, 0.29) is 35.2 Å². The molecule has 0 aliphatic carbocycles. The zero-order chi connectivity index (χ0) is 15.5. The van der Waals surface area contributed by atoms with Gasteiger partial charge >= 0.3 is 0 Å². The molecule has 0 saturated heterocycles. The number of hydrogen-bond acceptors (Lipinski definition) is 3. The maximum Gasteiger partial charge on any atom is 0.0681 e. The van der Waals surface area contributed by atoms with Crippen molar-refractivity contribution in [1.29, 1.82) is 0 Å². The van der Waals surface area contributed by atoms with Crippen molar-refractivity contribution in [2.24, 2.45) is 16.6 Å². The van der Waals surface area contributed by atoms with Crippen LogP contribution in [0.4, 0.5) is 0 Å². The van der Waals surface area contributed by atoms with Gasteiger partial charge in [-0.25, -0.2) is 0 Å². The molecule has 0 bridgehead atoms. The lowest BCUT2D eigenvalue weighted by Gasteiger charge is -2.44. The topological polar surface area (TPSA) is 55.5 Å². The molecule has 0 rings (SSSR count). The summed E-state index contributed by atoms with van der Waals surface area (Å²) < 4.78 is 6.27. The van der Waals surface area contributed by atoms with Crippen molar-refractivity contribution in [3.63, 3.8) is 0 Å². The van der Waals surface area contributed by atoms with E-state index in [9.17, 15) is 5.11 Å². The average Bonchev–Trinajstić information content (AvgIpc) is 2.14. The molecule has 116 valence electrons. The molecule has 3 nitrogen and oxygen atoms in total. The van der Waals surface area contributed by atoms with Crippen molar-refractivity contribution in [3.8, 4) is 0 Å². The van der Waals surface area contributed by atoms with Crippen molar-refractivity contribution in [1.82, 2.24) is 0 Å². The average molecular weight is 273 g/mol. The monoisotopic (exact) mass is 273 g/mol. The second kappa shape index (κ2) is 6.55. The Kier molecular flexibility index (Phi) is 6.51. The Balaban J connectivity index is 4.67. The Hall–Kier alpha value is -0.120. The molecular formula is C16H35NO2. The molecule has 0 spiro atoms. The van der Waals surface area contributed by atoms with Crippen LogP contribution in [0.15, 0.2) is 0 Å². The van der Waals surface area contributed by atoms with Crippen LogP contribution in [0.2, 0.25) is 0 Å². The van der Waals surface area contributed by atoms with Crippen LogP contribution in [-0.2, 0) is 4.74 Å². The van der Waals surface area contributed by atoms with Crippen LogP contribution in [0.25, 0.3) is 0 Å². The fraction of sp³-hybridized carbons (Fsp3) is 1.00. The van der Waals surface area contributed by atoms with Crippen LogP contribution in [0.3, 0.4) is 0 Å². The number of rotatable bonds is 8. The summed E-state index contributed by atoms with van der Waals surface area (Å²) in [5.41, 5.74) is 5.76. The highest BCUT2D eigenvalue weighted by atomic mass is 16.5. The molecule has 3 N–H and O–H groups in total. The minimum absolute atomic E-state index is 0.0610. The van der Waals surface area contributed by atoms with Gasteiger partial charge in [0.25, 0.3) is 0 Å². The highest BCUT2D eigenvalue weighted by Crippen LogP contribution is 2.39. The van der Waals surface area contributed by atoms with Gasteiger partial charge in [0.2, 0.25) is 0 Å².